The first-order valence-electron chi connectivity index (χ1n) is 6.73. The van der Waals surface area contributed by atoms with Gasteiger partial charge < -0.3 is 10.5 Å². The summed E-state index contributed by atoms with van der Waals surface area (Å²) >= 11 is 5.22. The van der Waals surface area contributed by atoms with Crippen molar-refractivity contribution in [3.05, 3.63) is 50.1 Å². The number of hydrogen-bond donors (Lipinski definition) is 1. The van der Waals surface area contributed by atoms with E-state index in [-0.39, 0.29) is 6.10 Å². The van der Waals surface area contributed by atoms with E-state index in [0.717, 1.165) is 10.2 Å². The minimum atomic E-state index is -0.0753. The van der Waals surface area contributed by atoms with Crippen molar-refractivity contribution in [2.75, 3.05) is 6.54 Å². The molecule has 1 atom stereocenters. The van der Waals surface area contributed by atoms with Crippen LogP contribution in [0.1, 0.15) is 41.9 Å². The quantitative estimate of drug-likeness (QED) is 0.818. The Morgan fingerprint density at radius 2 is 2.05 bits per heavy atom. The van der Waals surface area contributed by atoms with Crippen LogP contribution in [-0.2, 0) is 0 Å². The van der Waals surface area contributed by atoms with E-state index >= 15 is 0 Å². The third kappa shape index (κ3) is 3.43. The topological polar surface area (TPSA) is 35.2 Å². The van der Waals surface area contributed by atoms with Gasteiger partial charge in [-0.25, -0.2) is 0 Å². The highest BCUT2D eigenvalue weighted by molar-refractivity contribution is 9.10. The lowest BCUT2D eigenvalue weighted by Crippen LogP contribution is -2.18. The second-order valence-corrected chi connectivity index (χ2v) is 7.01. The van der Waals surface area contributed by atoms with Gasteiger partial charge in [-0.15, -0.1) is 11.3 Å². The fraction of sp³-hybridized carbons (Fsp3) is 0.375. The molecule has 1 aromatic carbocycles. The predicted molar refractivity (Wildman–Crippen MR) is 89.7 cm³/mol. The van der Waals surface area contributed by atoms with Crippen molar-refractivity contribution in [1.29, 1.82) is 0 Å². The van der Waals surface area contributed by atoms with Crippen molar-refractivity contribution in [2.45, 2.75) is 32.8 Å². The summed E-state index contributed by atoms with van der Waals surface area (Å²) in [6.45, 7) is 6.92. The van der Waals surface area contributed by atoms with Crippen LogP contribution in [0, 0.1) is 6.92 Å². The molecule has 108 valence electrons. The van der Waals surface area contributed by atoms with Crippen LogP contribution >= 0.6 is 27.3 Å². The maximum absolute atomic E-state index is 6.20. The van der Waals surface area contributed by atoms with Crippen LogP contribution in [0.2, 0.25) is 0 Å². The summed E-state index contributed by atoms with van der Waals surface area (Å²) in [5, 5.41) is 2.08. The maximum Gasteiger partial charge on any atom is 0.145 e. The van der Waals surface area contributed by atoms with E-state index in [0.29, 0.717) is 12.5 Å². The molecule has 0 radical (unpaired) electrons. The molecule has 1 unspecified atom stereocenters. The number of halogens is 1. The molecule has 0 spiro atoms. The average Bonchev–Trinajstić information content (AvgIpc) is 2.83. The zero-order valence-electron chi connectivity index (χ0n) is 12.0. The lowest BCUT2D eigenvalue weighted by atomic mass is 10.0. The van der Waals surface area contributed by atoms with Gasteiger partial charge in [-0.3, -0.25) is 0 Å². The molecule has 0 amide bonds. The van der Waals surface area contributed by atoms with E-state index in [2.05, 4.69) is 54.2 Å². The van der Waals surface area contributed by atoms with E-state index in [1.165, 1.54) is 16.0 Å². The van der Waals surface area contributed by atoms with Crippen LogP contribution < -0.4 is 10.5 Å². The molecule has 2 rings (SSSR count). The number of ether oxygens (including phenoxy) is 1. The second-order valence-electron chi connectivity index (χ2n) is 5.15. The van der Waals surface area contributed by atoms with Crippen LogP contribution in [0.15, 0.2) is 34.1 Å². The molecule has 0 aliphatic heterocycles. The molecule has 0 saturated carbocycles. The highest BCUT2D eigenvalue weighted by Gasteiger charge is 2.18. The zero-order chi connectivity index (χ0) is 14.7. The Morgan fingerprint density at radius 3 is 2.60 bits per heavy atom. The summed E-state index contributed by atoms with van der Waals surface area (Å²) in [5.74, 6) is 1.33. The molecule has 4 heteroatoms. The normalized spacial score (nSPS) is 12.7. The standard InChI is InChI=1S/C16H20BrNOS/c1-10(2)13-8-12(17)4-5-14(13)19-15(9-18)16-11(3)6-7-20-16/h4-8,10,15H,9,18H2,1-3H3. The van der Waals surface area contributed by atoms with Crippen LogP contribution in [0.4, 0.5) is 0 Å². The van der Waals surface area contributed by atoms with E-state index in [9.17, 15) is 0 Å². The summed E-state index contributed by atoms with van der Waals surface area (Å²) in [4.78, 5) is 1.21. The highest BCUT2D eigenvalue weighted by Crippen LogP contribution is 2.34. The Balaban J connectivity index is 2.31. The van der Waals surface area contributed by atoms with Gasteiger partial charge >= 0.3 is 0 Å². The van der Waals surface area contributed by atoms with Crippen LogP contribution in [0.25, 0.3) is 0 Å². The first-order chi connectivity index (χ1) is 9.52. The smallest absolute Gasteiger partial charge is 0.145 e. The maximum atomic E-state index is 6.20. The molecule has 1 aromatic heterocycles. The Morgan fingerprint density at radius 1 is 1.30 bits per heavy atom. The number of rotatable bonds is 5. The number of hydrogen-bond acceptors (Lipinski definition) is 3. The van der Waals surface area contributed by atoms with Gasteiger partial charge in [0.25, 0.3) is 0 Å². The molecule has 0 saturated heterocycles. The Bertz CT molecular complexity index is 580. The zero-order valence-corrected chi connectivity index (χ0v) is 14.4. The van der Waals surface area contributed by atoms with Crippen molar-refractivity contribution < 1.29 is 4.74 Å². The molecule has 2 N–H and O–H groups in total. The predicted octanol–water partition coefficient (Wildman–Crippen LogP) is 5.02. The molecule has 2 aromatic rings. The fourth-order valence-electron chi connectivity index (χ4n) is 2.15. The van der Waals surface area contributed by atoms with Gasteiger partial charge in [0.15, 0.2) is 0 Å². The van der Waals surface area contributed by atoms with Crippen LogP contribution in [0.3, 0.4) is 0 Å². The highest BCUT2D eigenvalue weighted by atomic mass is 79.9. The third-order valence-electron chi connectivity index (χ3n) is 3.27. The molecule has 1 heterocycles. The molecule has 2 nitrogen and oxygen atoms in total. The van der Waals surface area contributed by atoms with E-state index < -0.39 is 0 Å². The summed E-state index contributed by atoms with van der Waals surface area (Å²) in [5.41, 5.74) is 8.35. The van der Waals surface area contributed by atoms with Crippen molar-refractivity contribution in [1.82, 2.24) is 0 Å². The monoisotopic (exact) mass is 353 g/mol. The molecular weight excluding hydrogens is 334 g/mol. The summed E-state index contributed by atoms with van der Waals surface area (Å²) < 4.78 is 7.28. The molecular formula is C16H20BrNOS. The molecule has 20 heavy (non-hydrogen) atoms. The van der Waals surface area contributed by atoms with Gasteiger partial charge in [0.05, 0.1) is 0 Å². The molecule has 0 aliphatic carbocycles. The van der Waals surface area contributed by atoms with Gasteiger partial charge in [-0.1, -0.05) is 29.8 Å². The number of nitrogens with two attached hydrogens (primary N) is 1. The SMILES string of the molecule is Cc1ccsc1C(CN)Oc1ccc(Br)cc1C(C)C. The molecule has 0 fully saturated rings. The van der Waals surface area contributed by atoms with Gasteiger partial charge in [0, 0.05) is 15.9 Å². The first-order valence-corrected chi connectivity index (χ1v) is 8.40. The van der Waals surface area contributed by atoms with Gasteiger partial charge in [0.2, 0.25) is 0 Å². The van der Waals surface area contributed by atoms with Gasteiger partial charge in [0.1, 0.15) is 11.9 Å². The Labute approximate surface area is 133 Å². The average molecular weight is 354 g/mol. The lowest BCUT2D eigenvalue weighted by Gasteiger charge is -2.21. The second kappa shape index (κ2) is 6.74. The minimum Gasteiger partial charge on any atom is -0.483 e. The third-order valence-corrected chi connectivity index (χ3v) is 4.88. The van der Waals surface area contributed by atoms with Crippen LogP contribution in [0.5, 0.6) is 5.75 Å². The van der Waals surface area contributed by atoms with Crippen LogP contribution in [-0.4, -0.2) is 6.54 Å². The summed E-state index contributed by atoms with van der Waals surface area (Å²) in [6, 6.07) is 8.26. The number of thiophene rings is 1. The van der Waals surface area contributed by atoms with Gasteiger partial charge in [-0.2, -0.15) is 0 Å². The van der Waals surface area contributed by atoms with Crippen molar-refractivity contribution in [3.8, 4) is 5.75 Å². The Kier molecular flexibility index (Phi) is 5.24. The number of benzene rings is 1. The van der Waals surface area contributed by atoms with Crippen molar-refractivity contribution >= 4 is 27.3 Å². The molecule has 0 bridgehead atoms. The fourth-order valence-corrected chi connectivity index (χ4v) is 3.50. The van der Waals surface area contributed by atoms with E-state index in [1.807, 2.05) is 12.1 Å². The van der Waals surface area contributed by atoms with E-state index in [1.54, 1.807) is 11.3 Å². The lowest BCUT2D eigenvalue weighted by molar-refractivity contribution is 0.214. The van der Waals surface area contributed by atoms with Gasteiger partial charge in [-0.05, 0) is 53.6 Å². The van der Waals surface area contributed by atoms with Crippen molar-refractivity contribution in [3.63, 3.8) is 0 Å². The molecule has 0 aliphatic rings. The first kappa shape index (κ1) is 15.5. The van der Waals surface area contributed by atoms with E-state index in [4.69, 9.17) is 10.5 Å². The largest absolute Gasteiger partial charge is 0.483 e. The van der Waals surface area contributed by atoms with Crippen molar-refractivity contribution in [2.24, 2.45) is 5.73 Å². The summed E-state index contributed by atoms with van der Waals surface area (Å²) in [6.07, 6.45) is -0.0753. The summed E-state index contributed by atoms with van der Waals surface area (Å²) in [7, 11) is 0. The Hall–Kier alpha value is -0.840. The number of aryl methyl sites for hydroxylation is 1. The minimum absolute atomic E-state index is 0.0753.